The number of anilines is 4. The number of aromatic nitrogens is 1. The van der Waals surface area contributed by atoms with Gasteiger partial charge in [0.15, 0.2) is 0 Å². The minimum absolute atomic E-state index is 0.200. The Morgan fingerprint density at radius 2 is 1.66 bits per heavy atom. The van der Waals surface area contributed by atoms with Crippen LogP contribution in [0.1, 0.15) is 20.8 Å². The number of hydrogen-bond acceptors (Lipinski definition) is 8. The number of amides is 1. The van der Waals surface area contributed by atoms with Crippen molar-refractivity contribution in [2.45, 2.75) is 26.4 Å². The summed E-state index contributed by atoms with van der Waals surface area (Å²) in [6.07, 6.45) is 2.83. The molecule has 0 atom stereocenters. The summed E-state index contributed by atoms with van der Waals surface area (Å²) >= 11 is 0. The Bertz CT molecular complexity index is 1140. The van der Waals surface area contributed by atoms with Gasteiger partial charge in [-0.3, -0.25) is 9.80 Å². The summed E-state index contributed by atoms with van der Waals surface area (Å²) in [4.78, 5) is 25.8. The Morgan fingerprint density at radius 1 is 0.971 bits per heavy atom. The number of para-hydroxylation sites is 2. The molecule has 9 nitrogen and oxygen atoms in total. The average molecular weight is 502 g/mol. The molecule has 35 heavy (non-hydrogen) atoms. The molecule has 190 valence electrons. The first kappa shape index (κ1) is 25.2. The van der Waals surface area contributed by atoms with Crippen molar-refractivity contribution in [2.75, 3.05) is 72.5 Å². The number of fused-ring (bicyclic) bond motifs is 1. The maximum Gasteiger partial charge on any atom is 0.414 e. The number of rotatable bonds is 5. The second kappa shape index (κ2) is 10.0. The van der Waals surface area contributed by atoms with Crippen LogP contribution in [0.25, 0.3) is 0 Å². The van der Waals surface area contributed by atoms with Crippen molar-refractivity contribution < 1.29 is 17.9 Å². The zero-order valence-electron chi connectivity index (χ0n) is 21.0. The van der Waals surface area contributed by atoms with Crippen LogP contribution in [0.5, 0.6) is 0 Å². The number of carbonyl (C=O) groups excluding carboxylic acids is 1. The van der Waals surface area contributed by atoms with E-state index in [1.807, 2.05) is 57.3 Å². The number of sulfone groups is 1. The molecular formula is C25H35N5O4S. The first-order chi connectivity index (χ1) is 16.5. The van der Waals surface area contributed by atoms with E-state index in [2.05, 4.69) is 20.8 Å². The highest BCUT2D eigenvalue weighted by molar-refractivity contribution is 7.90. The number of carbonyl (C=O) groups is 1. The lowest BCUT2D eigenvalue weighted by Gasteiger charge is -2.38. The van der Waals surface area contributed by atoms with E-state index in [9.17, 15) is 13.2 Å². The summed E-state index contributed by atoms with van der Waals surface area (Å²) in [5.74, 6) is 1.03. The van der Waals surface area contributed by atoms with Gasteiger partial charge in [0.2, 0.25) is 0 Å². The van der Waals surface area contributed by atoms with Gasteiger partial charge in [-0.05, 0) is 45.0 Å². The second-order valence-corrected chi connectivity index (χ2v) is 12.4. The number of pyridine rings is 1. The number of nitrogens with zero attached hydrogens (tertiary/aromatic N) is 5. The third kappa shape index (κ3) is 6.43. The van der Waals surface area contributed by atoms with Gasteiger partial charge in [0, 0.05) is 52.1 Å². The first-order valence-electron chi connectivity index (χ1n) is 12.0. The van der Waals surface area contributed by atoms with Gasteiger partial charge in [0.1, 0.15) is 21.3 Å². The van der Waals surface area contributed by atoms with Crippen LogP contribution in [0.15, 0.2) is 42.6 Å². The molecule has 0 N–H and O–H groups in total. The van der Waals surface area contributed by atoms with Crippen LogP contribution in [0.2, 0.25) is 0 Å². The van der Waals surface area contributed by atoms with E-state index in [0.717, 1.165) is 49.1 Å². The zero-order chi connectivity index (χ0) is 25.2. The zero-order valence-corrected chi connectivity index (χ0v) is 21.8. The van der Waals surface area contributed by atoms with Crippen molar-refractivity contribution in [3.05, 3.63) is 42.6 Å². The molecule has 1 aromatic heterocycles. The fourth-order valence-electron chi connectivity index (χ4n) is 4.36. The van der Waals surface area contributed by atoms with Gasteiger partial charge in [0.05, 0.1) is 29.0 Å². The van der Waals surface area contributed by atoms with Gasteiger partial charge in [-0.25, -0.2) is 18.2 Å². The summed E-state index contributed by atoms with van der Waals surface area (Å²) in [6.45, 7) is 10.6. The quantitative estimate of drug-likeness (QED) is 0.618. The smallest absolute Gasteiger partial charge is 0.414 e. The van der Waals surface area contributed by atoms with E-state index in [1.165, 1.54) is 6.26 Å². The molecule has 1 amide bonds. The van der Waals surface area contributed by atoms with Crippen LogP contribution < -0.4 is 14.7 Å². The molecule has 3 heterocycles. The molecule has 0 spiro atoms. The van der Waals surface area contributed by atoms with E-state index >= 15 is 0 Å². The van der Waals surface area contributed by atoms with Gasteiger partial charge < -0.3 is 14.5 Å². The SMILES string of the molecule is CC(C)(C)OC(=O)N1CCN(c2ccc(N3CCN(CCS(C)(=O)=O)CC3)cn2)c2ccccc21. The topological polar surface area (TPSA) is 86.3 Å². The number of ether oxygens (including phenoxy) is 1. The molecule has 1 fully saturated rings. The molecule has 1 aromatic carbocycles. The third-order valence-corrected chi connectivity index (χ3v) is 7.07. The lowest BCUT2D eigenvalue weighted by atomic mass is 10.1. The van der Waals surface area contributed by atoms with Crippen LogP contribution in [-0.4, -0.2) is 87.8 Å². The van der Waals surface area contributed by atoms with Crippen molar-refractivity contribution in [1.29, 1.82) is 0 Å². The molecule has 10 heteroatoms. The van der Waals surface area contributed by atoms with Gasteiger partial charge in [0.25, 0.3) is 0 Å². The lowest BCUT2D eigenvalue weighted by molar-refractivity contribution is 0.0580. The molecule has 2 aliphatic rings. The fraction of sp³-hybridized carbons (Fsp3) is 0.520. The van der Waals surface area contributed by atoms with Crippen molar-refractivity contribution in [1.82, 2.24) is 9.88 Å². The fourth-order valence-corrected chi connectivity index (χ4v) is 4.95. The molecule has 2 aromatic rings. The maximum atomic E-state index is 12.8. The summed E-state index contributed by atoms with van der Waals surface area (Å²) in [6, 6.07) is 11.9. The Balaban J connectivity index is 1.43. The number of benzene rings is 1. The summed E-state index contributed by atoms with van der Waals surface area (Å²) in [5, 5.41) is 0. The minimum Gasteiger partial charge on any atom is -0.443 e. The van der Waals surface area contributed by atoms with Crippen LogP contribution in [-0.2, 0) is 14.6 Å². The highest BCUT2D eigenvalue weighted by Gasteiger charge is 2.31. The number of piperazine rings is 1. The molecule has 0 aliphatic carbocycles. The summed E-state index contributed by atoms with van der Waals surface area (Å²) in [7, 11) is -2.94. The van der Waals surface area contributed by atoms with Gasteiger partial charge in [-0.1, -0.05) is 12.1 Å². The van der Waals surface area contributed by atoms with E-state index in [4.69, 9.17) is 9.72 Å². The van der Waals surface area contributed by atoms with E-state index in [0.29, 0.717) is 19.6 Å². The van der Waals surface area contributed by atoms with Crippen LogP contribution in [0, 0.1) is 0 Å². The molecule has 0 radical (unpaired) electrons. The van der Waals surface area contributed by atoms with Gasteiger partial charge >= 0.3 is 6.09 Å². The largest absolute Gasteiger partial charge is 0.443 e. The molecule has 0 bridgehead atoms. The minimum atomic E-state index is -2.94. The normalized spacial score (nSPS) is 17.3. The predicted molar refractivity (Wildman–Crippen MR) is 140 cm³/mol. The standard InChI is InChI=1S/C25H35N5O4S/c1-25(2,3)34-24(31)30-16-15-29(21-7-5-6-8-22(21)30)23-10-9-20(19-26-23)28-13-11-27(12-14-28)17-18-35(4,32)33/h5-10,19H,11-18H2,1-4H3. The monoisotopic (exact) mass is 501 g/mol. The second-order valence-electron chi connectivity index (χ2n) is 10.1. The Kier molecular flexibility index (Phi) is 7.23. The Morgan fingerprint density at radius 3 is 2.26 bits per heavy atom. The van der Waals surface area contributed by atoms with Gasteiger partial charge in [-0.2, -0.15) is 0 Å². The molecule has 2 aliphatic heterocycles. The molecule has 4 rings (SSSR count). The number of hydrogen-bond donors (Lipinski definition) is 0. The molecule has 0 saturated carbocycles. The first-order valence-corrected chi connectivity index (χ1v) is 14.0. The lowest BCUT2D eigenvalue weighted by Crippen LogP contribution is -2.47. The highest BCUT2D eigenvalue weighted by atomic mass is 32.2. The Hall–Kier alpha value is -2.85. The van der Waals surface area contributed by atoms with Crippen molar-refractivity contribution in [3.8, 4) is 0 Å². The van der Waals surface area contributed by atoms with E-state index < -0.39 is 15.4 Å². The van der Waals surface area contributed by atoms with Crippen molar-refractivity contribution >= 4 is 38.8 Å². The van der Waals surface area contributed by atoms with Crippen molar-refractivity contribution in [3.63, 3.8) is 0 Å². The third-order valence-electron chi connectivity index (χ3n) is 6.15. The average Bonchev–Trinajstić information content (AvgIpc) is 2.81. The predicted octanol–water partition coefficient (Wildman–Crippen LogP) is 3.14. The molecule has 1 saturated heterocycles. The van der Waals surface area contributed by atoms with Crippen LogP contribution >= 0.6 is 0 Å². The van der Waals surface area contributed by atoms with Crippen LogP contribution in [0.4, 0.5) is 27.7 Å². The highest BCUT2D eigenvalue weighted by Crippen LogP contribution is 2.37. The summed E-state index contributed by atoms with van der Waals surface area (Å²) in [5.41, 5.74) is 2.23. The molecule has 0 unspecified atom stereocenters. The van der Waals surface area contributed by atoms with Crippen LogP contribution in [0.3, 0.4) is 0 Å². The van der Waals surface area contributed by atoms with E-state index in [-0.39, 0.29) is 11.8 Å². The Labute approximate surface area is 208 Å². The summed E-state index contributed by atoms with van der Waals surface area (Å²) < 4.78 is 28.5. The molecular weight excluding hydrogens is 466 g/mol. The van der Waals surface area contributed by atoms with E-state index in [1.54, 1.807) is 4.90 Å². The maximum absolute atomic E-state index is 12.8. The van der Waals surface area contributed by atoms with Gasteiger partial charge in [-0.15, -0.1) is 0 Å². The van der Waals surface area contributed by atoms with Crippen molar-refractivity contribution in [2.24, 2.45) is 0 Å².